The maximum Gasteiger partial charge on any atom is 0.147 e. The molecule has 0 unspecified atom stereocenters. The summed E-state index contributed by atoms with van der Waals surface area (Å²) in [6.45, 7) is 5.00. The van der Waals surface area contributed by atoms with Crippen LogP contribution in [0.25, 0.3) is 0 Å². The Balaban J connectivity index is 2.02. The Hall–Kier alpha value is -1.98. The first-order valence-corrected chi connectivity index (χ1v) is 6.53. The van der Waals surface area contributed by atoms with Crippen molar-refractivity contribution in [1.82, 2.24) is 19.6 Å². The lowest BCUT2D eigenvalue weighted by atomic mass is 10.1. The van der Waals surface area contributed by atoms with Crippen molar-refractivity contribution in [1.29, 1.82) is 0 Å². The van der Waals surface area contributed by atoms with Gasteiger partial charge >= 0.3 is 0 Å². The monoisotopic (exact) mass is 262 g/mol. The van der Waals surface area contributed by atoms with E-state index in [1.54, 1.807) is 0 Å². The van der Waals surface area contributed by atoms with E-state index in [0.717, 1.165) is 30.2 Å². The summed E-state index contributed by atoms with van der Waals surface area (Å²) in [7, 11) is 3.86. The molecule has 0 bridgehead atoms. The van der Waals surface area contributed by atoms with Crippen molar-refractivity contribution in [3.8, 4) is 0 Å². The molecule has 2 aromatic heterocycles. The lowest BCUT2D eigenvalue weighted by Crippen LogP contribution is -2.11. The smallest absolute Gasteiger partial charge is 0.147 e. The Morgan fingerprint density at radius 1 is 1.32 bits per heavy atom. The zero-order valence-electron chi connectivity index (χ0n) is 12.0. The maximum absolute atomic E-state index is 6.13. The molecule has 2 rings (SSSR count). The average molecular weight is 262 g/mol. The van der Waals surface area contributed by atoms with Crippen LogP contribution in [-0.2, 0) is 20.5 Å². The molecule has 2 aromatic rings. The fourth-order valence-corrected chi connectivity index (χ4v) is 2.15. The molecule has 104 valence electrons. The number of rotatable bonds is 5. The number of nitrogen functional groups attached to an aromatic ring is 1. The molecule has 0 saturated carbocycles. The number of aryl methyl sites for hydroxylation is 2. The van der Waals surface area contributed by atoms with Crippen molar-refractivity contribution in [2.45, 2.75) is 26.2 Å². The first kappa shape index (κ1) is 13.5. The highest BCUT2D eigenvalue weighted by Crippen LogP contribution is 2.27. The van der Waals surface area contributed by atoms with Gasteiger partial charge in [-0.15, -0.1) is 0 Å². The third kappa shape index (κ3) is 2.72. The zero-order valence-corrected chi connectivity index (χ0v) is 12.0. The van der Waals surface area contributed by atoms with Crippen LogP contribution in [-0.4, -0.2) is 26.1 Å². The van der Waals surface area contributed by atoms with Crippen molar-refractivity contribution in [3.63, 3.8) is 0 Å². The van der Waals surface area contributed by atoms with Crippen molar-refractivity contribution in [2.24, 2.45) is 14.1 Å². The second-order valence-corrected chi connectivity index (χ2v) is 5.05. The van der Waals surface area contributed by atoms with Gasteiger partial charge < -0.3 is 11.1 Å². The fraction of sp³-hybridized carbons (Fsp3) is 0.538. The molecule has 0 amide bonds. The van der Waals surface area contributed by atoms with Crippen LogP contribution in [0.4, 0.5) is 11.5 Å². The highest BCUT2D eigenvalue weighted by atomic mass is 15.3. The van der Waals surface area contributed by atoms with E-state index in [4.69, 9.17) is 5.73 Å². The molecule has 0 spiro atoms. The summed E-state index contributed by atoms with van der Waals surface area (Å²) in [6.07, 6.45) is 2.71. The Morgan fingerprint density at radius 2 is 2.05 bits per heavy atom. The van der Waals surface area contributed by atoms with Crippen LogP contribution in [0.15, 0.2) is 12.3 Å². The van der Waals surface area contributed by atoms with Gasteiger partial charge in [-0.25, -0.2) is 0 Å². The van der Waals surface area contributed by atoms with Gasteiger partial charge in [0.25, 0.3) is 0 Å². The Bertz CT molecular complexity index is 551. The third-order valence-electron chi connectivity index (χ3n) is 3.26. The van der Waals surface area contributed by atoms with E-state index >= 15 is 0 Å². The number of anilines is 2. The van der Waals surface area contributed by atoms with Crippen molar-refractivity contribution in [2.75, 3.05) is 17.6 Å². The predicted octanol–water partition coefficient (Wildman–Crippen LogP) is 1.51. The van der Waals surface area contributed by atoms with Crippen LogP contribution in [0.2, 0.25) is 0 Å². The minimum absolute atomic E-state index is 0.332. The van der Waals surface area contributed by atoms with Crippen molar-refractivity contribution in [3.05, 3.63) is 23.7 Å². The van der Waals surface area contributed by atoms with E-state index in [1.165, 1.54) is 5.69 Å². The Labute approximate surface area is 113 Å². The van der Waals surface area contributed by atoms with Gasteiger partial charge in [0.15, 0.2) is 0 Å². The maximum atomic E-state index is 6.13. The molecule has 0 aliphatic rings. The summed E-state index contributed by atoms with van der Waals surface area (Å²) in [6, 6.07) is 2.02. The zero-order chi connectivity index (χ0) is 14.0. The molecule has 0 fully saturated rings. The summed E-state index contributed by atoms with van der Waals surface area (Å²) in [5.74, 6) is 1.23. The topological polar surface area (TPSA) is 73.7 Å². The molecule has 0 aromatic carbocycles. The normalized spacial score (nSPS) is 11.2. The number of hydrogen-bond acceptors (Lipinski definition) is 4. The largest absolute Gasteiger partial charge is 0.394 e. The first-order chi connectivity index (χ1) is 9.00. The molecule has 0 saturated heterocycles. The Morgan fingerprint density at radius 3 is 2.58 bits per heavy atom. The number of nitrogens with zero attached hydrogens (tertiary/aromatic N) is 4. The van der Waals surface area contributed by atoms with E-state index < -0.39 is 0 Å². The van der Waals surface area contributed by atoms with Crippen LogP contribution in [0.5, 0.6) is 0 Å². The highest BCUT2D eigenvalue weighted by molar-refractivity contribution is 5.65. The molecule has 3 N–H and O–H groups in total. The van der Waals surface area contributed by atoms with E-state index in [-0.39, 0.29) is 0 Å². The molecule has 0 aliphatic heterocycles. The lowest BCUT2D eigenvalue weighted by Gasteiger charge is -2.08. The minimum Gasteiger partial charge on any atom is -0.394 e. The molecule has 0 radical (unpaired) electrons. The molecular formula is C13H22N6. The van der Waals surface area contributed by atoms with Gasteiger partial charge in [-0.2, -0.15) is 10.2 Å². The van der Waals surface area contributed by atoms with Gasteiger partial charge in [0, 0.05) is 39.0 Å². The van der Waals surface area contributed by atoms with Gasteiger partial charge in [0.05, 0.1) is 11.4 Å². The van der Waals surface area contributed by atoms with Crippen LogP contribution in [0, 0.1) is 0 Å². The lowest BCUT2D eigenvalue weighted by molar-refractivity contribution is 0.701. The van der Waals surface area contributed by atoms with Gasteiger partial charge in [0.1, 0.15) is 5.82 Å². The van der Waals surface area contributed by atoms with Gasteiger partial charge in [-0.3, -0.25) is 9.36 Å². The fourth-order valence-electron chi connectivity index (χ4n) is 2.15. The van der Waals surface area contributed by atoms with Gasteiger partial charge in [0.2, 0.25) is 0 Å². The molecule has 0 atom stereocenters. The van der Waals surface area contributed by atoms with Gasteiger partial charge in [-0.1, -0.05) is 13.8 Å². The van der Waals surface area contributed by atoms with Crippen LogP contribution in [0.3, 0.4) is 0 Å². The van der Waals surface area contributed by atoms with E-state index in [9.17, 15) is 0 Å². The van der Waals surface area contributed by atoms with E-state index in [2.05, 4.69) is 29.4 Å². The third-order valence-corrected chi connectivity index (χ3v) is 3.26. The number of nitrogens with one attached hydrogen (secondary N) is 1. The van der Waals surface area contributed by atoms with Crippen molar-refractivity contribution < 1.29 is 0 Å². The first-order valence-electron chi connectivity index (χ1n) is 6.53. The SMILES string of the molecule is CC(C)c1nn(C)c(NCCc2ccnn2C)c1N. The summed E-state index contributed by atoms with van der Waals surface area (Å²) in [5.41, 5.74) is 9.02. The highest BCUT2D eigenvalue weighted by Gasteiger charge is 2.15. The number of nitrogens with two attached hydrogens (primary N) is 1. The van der Waals surface area contributed by atoms with E-state index in [0.29, 0.717) is 5.92 Å². The average Bonchev–Trinajstić information content (AvgIpc) is 2.87. The van der Waals surface area contributed by atoms with Crippen LogP contribution in [0.1, 0.15) is 31.2 Å². The quantitative estimate of drug-likeness (QED) is 0.856. The minimum atomic E-state index is 0.332. The number of hydrogen-bond donors (Lipinski definition) is 2. The van der Waals surface area contributed by atoms with Gasteiger partial charge in [-0.05, 0) is 12.0 Å². The predicted molar refractivity (Wildman–Crippen MR) is 77.1 cm³/mol. The summed E-state index contributed by atoms with van der Waals surface area (Å²) >= 11 is 0. The Kier molecular flexibility index (Phi) is 3.78. The number of aromatic nitrogens is 4. The summed E-state index contributed by atoms with van der Waals surface area (Å²) in [5, 5.41) is 12.0. The van der Waals surface area contributed by atoms with Crippen LogP contribution < -0.4 is 11.1 Å². The van der Waals surface area contributed by atoms with Crippen molar-refractivity contribution >= 4 is 11.5 Å². The van der Waals surface area contributed by atoms with Crippen LogP contribution >= 0.6 is 0 Å². The summed E-state index contributed by atoms with van der Waals surface area (Å²) in [4.78, 5) is 0. The second kappa shape index (κ2) is 5.34. The molecule has 6 heteroatoms. The molecule has 2 heterocycles. The molecular weight excluding hydrogens is 240 g/mol. The summed E-state index contributed by atoms with van der Waals surface area (Å²) < 4.78 is 3.70. The van der Waals surface area contributed by atoms with E-state index in [1.807, 2.05) is 35.7 Å². The molecule has 0 aliphatic carbocycles. The molecule has 6 nitrogen and oxygen atoms in total. The second-order valence-electron chi connectivity index (χ2n) is 5.05. The standard InChI is InChI=1S/C13H22N6/c1-9(2)12-11(14)13(19(4)17-12)15-7-5-10-6-8-16-18(10)3/h6,8-9,15H,5,7,14H2,1-4H3. The molecule has 19 heavy (non-hydrogen) atoms.